The number of hydrogen-bond acceptors (Lipinski definition) is 5. The Morgan fingerprint density at radius 1 is 1.22 bits per heavy atom. The van der Waals surface area contributed by atoms with E-state index in [1.807, 2.05) is 12.1 Å². The molecule has 0 amide bonds. The van der Waals surface area contributed by atoms with Crippen molar-refractivity contribution < 1.29 is 23.9 Å². The lowest BCUT2D eigenvalue weighted by molar-refractivity contribution is -0.918. The Morgan fingerprint density at radius 3 is 2.74 bits per heavy atom. The second-order valence-electron chi connectivity index (χ2n) is 7.94. The quantitative estimate of drug-likeness (QED) is 0.755. The van der Waals surface area contributed by atoms with E-state index in [-0.39, 0.29) is 24.4 Å². The first-order valence-electron chi connectivity index (χ1n) is 9.88. The fraction of sp³-hybridized carbons (Fsp3) is 0.571. The summed E-state index contributed by atoms with van der Waals surface area (Å²) in [5.74, 6) is 0.612. The molecule has 2 heterocycles. The zero-order valence-electron chi connectivity index (χ0n) is 16.0. The van der Waals surface area contributed by atoms with Crippen LogP contribution in [0.4, 0.5) is 0 Å². The fourth-order valence-electron chi connectivity index (χ4n) is 4.49. The van der Waals surface area contributed by atoms with Crippen LogP contribution >= 0.6 is 0 Å². The van der Waals surface area contributed by atoms with Crippen molar-refractivity contribution in [1.29, 1.82) is 0 Å². The van der Waals surface area contributed by atoms with Crippen LogP contribution in [-0.2, 0) is 17.6 Å². The van der Waals surface area contributed by atoms with Crippen LogP contribution in [0.15, 0.2) is 27.4 Å². The number of hydrogen-bond donors (Lipinski definition) is 2. The van der Waals surface area contributed by atoms with Gasteiger partial charge in [0, 0.05) is 17.0 Å². The van der Waals surface area contributed by atoms with Gasteiger partial charge in [0.25, 0.3) is 0 Å². The van der Waals surface area contributed by atoms with E-state index in [4.69, 9.17) is 13.9 Å². The van der Waals surface area contributed by atoms with Crippen molar-refractivity contribution >= 4 is 11.0 Å². The number of ether oxygens (including phenoxy) is 2. The third-order valence-electron chi connectivity index (χ3n) is 5.53. The molecule has 3 atom stereocenters. The molecule has 2 aliphatic rings. The average Bonchev–Trinajstić information content (AvgIpc) is 3.09. The minimum absolute atomic E-state index is 0.210. The molecule has 1 aromatic carbocycles. The molecule has 2 aromatic rings. The highest BCUT2D eigenvalue weighted by molar-refractivity contribution is 5.83. The van der Waals surface area contributed by atoms with Crippen molar-refractivity contribution in [2.75, 3.05) is 26.2 Å². The molecule has 1 aliphatic heterocycles. The molecule has 27 heavy (non-hydrogen) atoms. The van der Waals surface area contributed by atoms with Gasteiger partial charge in [0.05, 0.1) is 0 Å². The molecule has 0 spiro atoms. The average molecular weight is 374 g/mol. The van der Waals surface area contributed by atoms with Gasteiger partial charge in [0.2, 0.25) is 0 Å². The maximum atomic E-state index is 12.1. The molecule has 2 N–H and O–H groups in total. The Balaban J connectivity index is 1.40. The summed E-state index contributed by atoms with van der Waals surface area (Å²) in [6, 6.07) is 5.61. The minimum Gasteiger partial charge on any atom is -0.491 e. The number of aliphatic hydroxyl groups excluding tert-OH is 1. The van der Waals surface area contributed by atoms with E-state index in [0.29, 0.717) is 17.9 Å². The van der Waals surface area contributed by atoms with E-state index in [1.165, 1.54) is 4.90 Å². The highest BCUT2D eigenvalue weighted by Crippen LogP contribution is 2.29. The largest absolute Gasteiger partial charge is 0.491 e. The lowest BCUT2D eigenvalue weighted by Gasteiger charge is -2.33. The summed E-state index contributed by atoms with van der Waals surface area (Å²) in [6.45, 7) is 6.78. The summed E-state index contributed by atoms with van der Waals surface area (Å²) in [6.07, 6.45) is 2.60. The molecule has 0 bridgehead atoms. The van der Waals surface area contributed by atoms with Gasteiger partial charge in [0.1, 0.15) is 55.9 Å². The van der Waals surface area contributed by atoms with Crippen LogP contribution in [0.2, 0.25) is 0 Å². The molecule has 1 saturated heterocycles. The van der Waals surface area contributed by atoms with Gasteiger partial charge in [-0.15, -0.1) is 0 Å². The Labute approximate surface area is 158 Å². The second kappa shape index (κ2) is 7.62. The monoisotopic (exact) mass is 374 g/mol. The molecule has 0 saturated carbocycles. The third-order valence-corrected chi connectivity index (χ3v) is 5.53. The predicted molar refractivity (Wildman–Crippen MR) is 102 cm³/mol. The van der Waals surface area contributed by atoms with Gasteiger partial charge in [-0.05, 0) is 50.8 Å². The summed E-state index contributed by atoms with van der Waals surface area (Å²) in [5.41, 5.74) is 2.27. The van der Waals surface area contributed by atoms with Crippen molar-refractivity contribution in [3.05, 3.63) is 39.7 Å². The van der Waals surface area contributed by atoms with Crippen LogP contribution in [0.25, 0.3) is 11.0 Å². The van der Waals surface area contributed by atoms with Gasteiger partial charge in [-0.25, -0.2) is 4.79 Å². The number of benzene rings is 1. The van der Waals surface area contributed by atoms with Crippen LogP contribution in [0.1, 0.15) is 31.4 Å². The number of quaternary nitrogens is 1. The van der Waals surface area contributed by atoms with Crippen LogP contribution in [0, 0.1) is 0 Å². The second-order valence-corrected chi connectivity index (χ2v) is 7.94. The first kappa shape index (κ1) is 18.5. The normalized spacial score (nSPS) is 26.1. The highest BCUT2D eigenvalue weighted by Gasteiger charge is 2.27. The lowest BCUT2D eigenvalue weighted by atomic mass is 10.1. The van der Waals surface area contributed by atoms with Gasteiger partial charge in [-0.2, -0.15) is 0 Å². The summed E-state index contributed by atoms with van der Waals surface area (Å²) < 4.78 is 17.0. The molecule has 6 nitrogen and oxygen atoms in total. The molecular weight excluding hydrogens is 346 g/mol. The van der Waals surface area contributed by atoms with E-state index < -0.39 is 6.10 Å². The Kier molecular flexibility index (Phi) is 5.21. The predicted octanol–water partition coefficient (Wildman–Crippen LogP) is 0.714. The molecule has 1 fully saturated rings. The van der Waals surface area contributed by atoms with Crippen molar-refractivity contribution in [2.45, 2.75) is 51.4 Å². The van der Waals surface area contributed by atoms with Gasteiger partial charge < -0.3 is 23.9 Å². The number of rotatable bonds is 5. The molecule has 0 radical (unpaired) electrons. The maximum absolute atomic E-state index is 12.1. The Bertz CT molecular complexity index is 867. The Morgan fingerprint density at radius 2 is 1.96 bits per heavy atom. The summed E-state index contributed by atoms with van der Waals surface area (Å²) in [7, 11) is 0. The maximum Gasteiger partial charge on any atom is 0.339 e. The highest BCUT2D eigenvalue weighted by atomic mass is 16.5. The molecule has 1 aliphatic carbocycles. The minimum atomic E-state index is -0.555. The number of nitrogens with one attached hydrogen (secondary N) is 1. The van der Waals surface area contributed by atoms with E-state index in [9.17, 15) is 9.90 Å². The van der Waals surface area contributed by atoms with E-state index >= 15 is 0 Å². The van der Waals surface area contributed by atoms with Crippen LogP contribution in [0.3, 0.4) is 0 Å². The summed E-state index contributed by atoms with van der Waals surface area (Å²) >= 11 is 0. The number of aliphatic hydroxyl groups is 1. The molecule has 146 valence electrons. The van der Waals surface area contributed by atoms with Crippen molar-refractivity contribution in [3.63, 3.8) is 0 Å². The van der Waals surface area contributed by atoms with Crippen LogP contribution < -0.4 is 15.3 Å². The zero-order chi connectivity index (χ0) is 19.0. The Hall–Kier alpha value is -1.89. The fourth-order valence-corrected chi connectivity index (χ4v) is 4.49. The molecule has 1 aromatic heterocycles. The first-order valence-corrected chi connectivity index (χ1v) is 9.88. The smallest absolute Gasteiger partial charge is 0.339 e. The van der Waals surface area contributed by atoms with Crippen molar-refractivity contribution in [3.8, 4) is 5.75 Å². The van der Waals surface area contributed by atoms with Gasteiger partial charge in [0.15, 0.2) is 0 Å². The number of fused-ring (bicyclic) bond motifs is 3. The SMILES string of the molecule is CC1C[NH+](CC(O)COc2ccc3c4c(c(=O)oc3c2)CCC4)CC(C)O1. The summed E-state index contributed by atoms with van der Waals surface area (Å²) in [5, 5.41) is 11.4. The van der Waals surface area contributed by atoms with E-state index in [2.05, 4.69) is 13.8 Å². The standard InChI is InChI=1S/C21H27NO5/c1-13-9-22(10-14(2)26-13)11-15(23)12-25-16-6-7-18-17-4-3-5-19(17)21(24)27-20(18)8-16/h6-8,13-15,23H,3-5,9-12H2,1-2H3/p+1. The van der Waals surface area contributed by atoms with Gasteiger partial charge in [-0.3, -0.25) is 0 Å². The molecular formula is C21H28NO5+. The molecule has 3 unspecified atom stereocenters. The first-order chi connectivity index (χ1) is 13.0. The lowest BCUT2D eigenvalue weighted by Crippen LogP contribution is -3.16. The van der Waals surface area contributed by atoms with Crippen LogP contribution in [-0.4, -0.2) is 49.7 Å². The third kappa shape index (κ3) is 4.03. The number of morpholine rings is 1. The van der Waals surface area contributed by atoms with Crippen LogP contribution in [0.5, 0.6) is 5.75 Å². The van der Waals surface area contributed by atoms with Crippen molar-refractivity contribution in [1.82, 2.24) is 0 Å². The van der Waals surface area contributed by atoms with E-state index in [0.717, 1.165) is 48.9 Å². The molecule has 4 rings (SSSR count). The van der Waals surface area contributed by atoms with Crippen molar-refractivity contribution in [2.24, 2.45) is 0 Å². The number of aryl methyl sites for hydroxylation is 1. The molecule has 6 heteroatoms. The van der Waals surface area contributed by atoms with Gasteiger partial charge >= 0.3 is 5.63 Å². The topological polar surface area (TPSA) is 73.3 Å². The zero-order valence-corrected chi connectivity index (χ0v) is 16.0. The van der Waals surface area contributed by atoms with E-state index in [1.54, 1.807) is 6.07 Å². The van der Waals surface area contributed by atoms with Gasteiger partial charge in [-0.1, -0.05) is 0 Å². The summed E-state index contributed by atoms with van der Waals surface area (Å²) in [4.78, 5) is 13.4.